The summed E-state index contributed by atoms with van der Waals surface area (Å²) in [7, 11) is 0. The Hall–Kier alpha value is -2.91. The van der Waals surface area contributed by atoms with Crippen LogP contribution in [0.1, 0.15) is 22.5 Å². The molecule has 1 unspecified atom stereocenters. The van der Waals surface area contributed by atoms with Gasteiger partial charge in [-0.25, -0.2) is 9.07 Å². The number of benzene rings is 1. The van der Waals surface area contributed by atoms with Crippen molar-refractivity contribution in [1.82, 2.24) is 14.7 Å². The summed E-state index contributed by atoms with van der Waals surface area (Å²) in [5, 5.41) is 12.5. The quantitative estimate of drug-likeness (QED) is 0.842. The van der Waals surface area contributed by atoms with Crippen LogP contribution >= 0.6 is 0 Å². The summed E-state index contributed by atoms with van der Waals surface area (Å²) in [6.45, 7) is -0.158. The summed E-state index contributed by atoms with van der Waals surface area (Å²) < 4.78 is 54.9. The predicted molar refractivity (Wildman–Crippen MR) is 80.2 cm³/mol. The summed E-state index contributed by atoms with van der Waals surface area (Å²) in [5.74, 6) is -3.84. The lowest BCUT2D eigenvalue weighted by atomic mass is 10.1. The largest absolute Gasteiger partial charge is 0.481 e. The number of likely N-dealkylation sites (tertiary alicyclic amines) is 1. The SMILES string of the molecule is O=C(O)C1CCN(C(=O)c2cnn(-c3ccccc3F)c2C(F)(F)F)C1. The molecule has 1 fully saturated rings. The molecular weight excluding hydrogens is 358 g/mol. The van der Waals surface area contributed by atoms with E-state index in [0.29, 0.717) is 4.68 Å². The number of alkyl halides is 3. The fraction of sp³-hybridized carbons (Fsp3) is 0.312. The van der Waals surface area contributed by atoms with Crippen LogP contribution in [0, 0.1) is 11.7 Å². The zero-order valence-corrected chi connectivity index (χ0v) is 13.2. The number of para-hydroxylation sites is 1. The number of aromatic nitrogens is 2. The first kappa shape index (κ1) is 17.9. The van der Waals surface area contributed by atoms with E-state index >= 15 is 0 Å². The molecule has 138 valence electrons. The van der Waals surface area contributed by atoms with Crippen molar-refractivity contribution in [1.29, 1.82) is 0 Å². The maximum Gasteiger partial charge on any atom is 0.434 e. The highest BCUT2D eigenvalue weighted by Crippen LogP contribution is 2.35. The van der Waals surface area contributed by atoms with Gasteiger partial charge >= 0.3 is 12.1 Å². The summed E-state index contributed by atoms with van der Waals surface area (Å²) in [6.07, 6.45) is -4.08. The zero-order valence-electron chi connectivity index (χ0n) is 13.2. The van der Waals surface area contributed by atoms with E-state index in [9.17, 15) is 27.2 Å². The third-order valence-electron chi connectivity index (χ3n) is 4.17. The fourth-order valence-electron chi connectivity index (χ4n) is 2.90. The monoisotopic (exact) mass is 371 g/mol. The van der Waals surface area contributed by atoms with Gasteiger partial charge in [0.2, 0.25) is 0 Å². The van der Waals surface area contributed by atoms with Gasteiger partial charge in [0, 0.05) is 13.1 Å². The second-order valence-electron chi connectivity index (χ2n) is 5.84. The average molecular weight is 371 g/mol. The Morgan fingerprint density at radius 1 is 1.23 bits per heavy atom. The number of halogens is 4. The molecule has 1 amide bonds. The Balaban J connectivity index is 2.03. The first-order valence-electron chi connectivity index (χ1n) is 7.62. The molecule has 10 heteroatoms. The number of carboxylic acids is 1. The second kappa shape index (κ2) is 6.43. The number of carbonyl (C=O) groups excluding carboxylic acids is 1. The number of nitrogens with zero attached hydrogens (tertiary/aromatic N) is 3. The van der Waals surface area contributed by atoms with Crippen LogP contribution in [0.25, 0.3) is 5.69 Å². The van der Waals surface area contributed by atoms with Crippen molar-refractivity contribution in [3.05, 3.63) is 47.5 Å². The Kier molecular flexibility index (Phi) is 4.43. The van der Waals surface area contributed by atoms with Crippen LogP contribution in [-0.4, -0.2) is 44.8 Å². The fourth-order valence-corrected chi connectivity index (χ4v) is 2.90. The van der Waals surface area contributed by atoms with E-state index in [1.54, 1.807) is 0 Å². The minimum atomic E-state index is -4.96. The summed E-state index contributed by atoms with van der Waals surface area (Å²) >= 11 is 0. The summed E-state index contributed by atoms with van der Waals surface area (Å²) in [4.78, 5) is 24.5. The highest BCUT2D eigenvalue weighted by Gasteiger charge is 2.43. The number of hydrogen-bond donors (Lipinski definition) is 1. The molecular formula is C16H13F4N3O3. The minimum Gasteiger partial charge on any atom is -0.481 e. The summed E-state index contributed by atoms with van der Waals surface area (Å²) in [5.41, 5.74) is -2.58. The van der Waals surface area contributed by atoms with Crippen molar-refractivity contribution in [2.45, 2.75) is 12.6 Å². The van der Waals surface area contributed by atoms with Gasteiger partial charge in [-0.3, -0.25) is 9.59 Å². The molecule has 0 radical (unpaired) electrons. The van der Waals surface area contributed by atoms with E-state index < -0.39 is 46.7 Å². The molecule has 0 saturated carbocycles. The minimum absolute atomic E-state index is 0.0258. The number of carboxylic acid groups (broad SMARTS) is 1. The van der Waals surface area contributed by atoms with E-state index in [1.165, 1.54) is 12.1 Å². The van der Waals surface area contributed by atoms with Crippen LogP contribution in [0.4, 0.5) is 17.6 Å². The molecule has 6 nitrogen and oxygen atoms in total. The van der Waals surface area contributed by atoms with Gasteiger partial charge in [-0.2, -0.15) is 18.3 Å². The van der Waals surface area contributed by atoms with Crippen molar-refractivity contribution in [3.8, 4) is 5.69 Å². The summed E-state index contributed by atoms with van der Waals surface area (Å²) in [6, 6.07) is 4.76. The maximum absolute atomic E-state index is 13.9. The molecule has 26 heavy (non-hydrogen) atoms. The normalized spacial score (nSPS) is 17.5. The average Bonchev–Trinajstić information content (AvgIpc) is 3.21. The third kappa shape index (κ3) is 3.14. The van der Waals surface area contributed by atoms with E-state index in [0.717, 1.165) is 23.2 Å². The first-order chi connectivity index (χ1) is 12.2. The molecule has 2 heterocycles. The van der Waals surface area contributed by atoms with E-state index in [-0.39, 0.29) is 19.5 Å². The molecule has 0 bridgehead atoms. The topological polar surface area (TPSA) is 75.4 Å². The molecule has 1 aromatic heterocycles. The van der Waals surface area contributed by atoms with Crippen LogP contribution in [-0.2, 0) is 11.0 Å². The molecule has 0 spiro atoms. The number of hydrogen-bond acceptors (Lipinski definition) is 3. The Bertz CT molecular complexity index is 863. The second-order valence-corrected chi connectivity index (χ2v) is 5.84. The Labute approximate surface area is 144 Å². The van der Waals surface area contributed by atoms with Gasteiger partial charge in [0.15, 0.2) is 5.69 Å². The van der Waals surface area contributed by atoms with E-state index in [1.807, 2.05) is 0 Å². The molecule has 1 aliphatic rings. The van der Waals surface area contributed by atoms with Crippen LogP contribution in [0.3, 0.4) is 0 Å². The molecule has 0 aliphatic carbocycles. The Morgan fingerprint density at radius 3 is 2.50 bits per heavy atom. The lowest BCUT2D eigenvalue weighted by Gasteiger charge is -2.17. The smallest absolute Gasteiger partial charge is 0.434 e. The van der Waals surface area contributed by atoms with Gasteiger partial charge in [-0.15, -0.1) is 0 Å². The molecule has 1 N–H and O–H groups in total. The van der Waals surface area contributed by atoms with Crippen LogP contribution in [0.15, 0.2) is 30.5 Å². The van der Waals surface area contributed by atoms with Crippen LogP contribution in [0.5, 0.6) is 0 Å². The van der Waals surface area contributed by atoms with E-state index in [2.05, 4.69) is 5.10 Å². The highest BCUT2D eigenvalue weighted by molar-refractivity contribution is 5.96. The maximum atomic E-state index is 13.9. The third-order valence-corrected chi connectivity index (χ3v) is 4.17. The van der Waals surface area contributed by atoms with Gasteiger partial charge in [-0.1, -0.05) is 12.1 Å². The zero-order chi connectivity index (χ0) is 19.1. The number of aliphatic carboxylic acids is 1. The molecule has 1 atom stereocenters. The lowest BCUT2D eigenvalue weighted by molar-refractivity contribution is -0.143. The van der Waals surface area contributed by atoms with Gasteiger partial charge in [-0.05, 0) is 18.6 Å². The van der Waals surface area contributed by atoms with Crippen molar-refractivity contribution in [2.75, 3.05) is 13.1 Å². The first-order valence-corrected chi connectivity index (χ1v) is 7.62. The molecule has 2 aromatic rings. The Morgan fingerprint density at radius 2 is 1.92 bits per heavy atom. The standard InChI is InChI=1S/C16H13F4N3O3/c17-11-3-1-2-4-12(11)23-13(16(18,19)20)10(7-21-23)14(24)22-6-5-9(8-22)15(25)26/h1-4,7,9H,5-6,8H2,(H,25,26). The van der Waals surface area contributed by atoms with Gasteiger partial charge in [0.05, 0.1) is 17.7 Å². The van der Waals surface area contributed by atoms with Gasteiger partial charge < -0.3 is 10.0 Å². The molecule has 1 saturated heterocycles. The van der Waals surface area contributed by atoms with E-state index in [4.69, 9.17) is 5.11 Å². The van der Waals surface area contributed by atoms with Crippen LogP contribution in [0.2, 0.25) is 0 Å². The number of amides is 1. The van der Waals surface area contributed by atoms with Crippen molar-refractivity contribution >= 4 is 11.9 Å². The highest BCUT2D eigenvalue weighted by atomic mass is 19.4. The molecule has 1 aliphatic heterocycles. The molecule has 3 rings (SSSR count). The number of rotatable bonds is 3. The van der Waals surface area contributed by atoms with Crippen molar-refractivity contribution in [3.63, 3.8) is 0 Å². The van der Waals surface area contributed by atoms with Gasteiger partial charge in [0.1, 0.15) is 11.5 Å². The lowest BCUT2D eigenvalue weighted by Crippen LogP contribution is -2.31. The number of carbonyl (C=O) groups is 2. The molecule has 1 aromatic carbocycles. The van der Waals surface area contributed by atoms with Crippen molar-refractivity contribution < 1.29 is 32.3 Å². The van der Waals surface area contributed by atoms with Gasteiger partial charge in [0.25, 0.3) is 5.91 Å². The predicted octanol–water partition coefficient (Wildman–Crippen LogP) is 2.58. The van der Waals surface area contributed by atoms with Crippen molar-refractivity contribution in [2.24, 2.45) is 5.92 Å². The van der Waals surface area contributed by atoms with Crippen LogP contribution < -0.4 is 0 Å².